The lowest BCUT2D eigenvalue weighted by Gasteiger charge is -2.40. The number of anilines is 2. The number of primary amides is 1. The number of imide groups is 1. The number of amides is 14. The molecule has 14 N–H and O–H groups in total. The molecule has 0 bridgehead atoms. The molecule has 2 fully saturated rings. The molecule has 824 valence electrons. The number of benzene rings is 2. The average molecular weight is 2100 g/mol. The van der Waals surface area contributed by atoms with Gasteiger partial charge in [-0.15, -0.1) is 11.3 Å². The molecule has 5 aromatic rings. The predicted molar refractivity (Wildman–Crippen MR) is 556 cm³/mol. The summed E-state index contributed by atoms with van der Waals surface area (Å²) in [5.74, 6) is -6.98. The van der Waals surface area contributed by atoms with Crippen molar-refractivity contribution in [3.63, 3.8) is 0 Å². The van der Waals surface area contributed by atoms with Crippen LogP contribution in [0.4, 0.5) is 21.1 Å². The van der Waals surface area contributed by atoms with Gasteiger partial charge < -0.3 is 131 Å². The molecule has 3 aliphatic heterocycles. The highest BCUT2D eigenvalue weighted by molar-refractivity contribution is 7.20. The Balaban J connectivity index is 0.697. The van der Waals surface area contributed by atoms with Crippen LogP contribution in [0.3, 0.4) is 0 Å². The number of aryl methyl sites for hydroxylation is 1. The van der Waals surface area contributed by atoms with E-state index >= 15 is 0 Å². The lowest BCUT2D eigenvalue weighted by Crippen LogP contribution is -2.60. The number of carbonyl (C=O) groups excluding carboxylic acids is 13. The van der Waals surface area contributed by atoms with Crippen LogP contribution in [0.15, 0.2) is 72.8 Å². The van der Waals surface area contributed by atoms with Crippen molar-refractivity contribution in [2.45, 2.75) is 239 Å². The highest BCUT2D eigenvalue weighted by atomic mass is 32.1. The molecule has 0 unspecified atom stereocenters. The number of nitrogens with zero attached hydrogens (tertiary/aromatic N) is 7. The molecule has 2 saturated heterocycles. The Morgan fingerprint density at radius 3 is 1.72 bits per heavy atom. The zero-order chi connectivity index (χ0) is 108. The SMILES string of the molecule is CCCCc1nc2c(N)nc3cc(C4CCN(CCOCCOCCOCCOCCOCCOCCOCCOCCNC(=O)[C@H](CCC(=O)N[C@H](C(=O)N[C@@H](CCCNC(N)=O)C(=O)Nc5ccc(COC(=O)N(C)[C@H](C(=O)N[C@H](C(=O)N(C)[C@@H](C(C)C)[C@@H](CC(=O)N6CCC[C@H]6[C@H](OC)[C@@H](C)C(=O)N[C@H](C)[C@@H](O)c6ccccc6)OC)C(C)C)C(C)C)cc5)C(C)C)NC(=O)CCN5C(=O)C=CC5=O)CC4)sc3c2[nH]1. The monoisotopic (exact) mass is 2100 g/mol. The third-order valence-corrected chi connectivity index (χ3v) is 27.7. The van der Waals surface area contributed by atoms with Crippen LogP contribution in [0.2, 0.25) is 0 Å². The summed E-state index contributed by atoms with van der Waals surface area (Å²) in [7, 11) is 5.98. The molecule has 8 rings (SSSR count). The van der Waals surface area contributed by atoms with E-state index < -0.39 is 162 Å². The Morgan fingerprint density at radius 2 is 1.16 bits per heavy atom. The fourth-order valence-corrected chi connectivity index (χ4v) is 19.4. The third-order valence-electron chi connectivity index (χ3n) is 26.4. The standard InChI is InChI=1S/C104H162N18O25S/c1-16-17-27-81-114-89-90(115-81)96(105)112-77-62-80(148-95(77)89)72-36-42-120(43-37-72)45-47-140-49-51-142-53-55-144-57-59-146-61-60-145-58-56-143-54-52-141-50-48-139-46-40-107-98(130)76(111-83(124)38-44-122-84(125)34-35-85(122)126)32-33-82(123)116-87(65(2)3)100(132)113-75(25-21-39-108-103(106)135)99(131)110-74-30-28-71(29-31-74)64-147-104(136)119(13)92(68(8)9)101(133)117-88(66(4)5)102(134)118(12)91(67(6)7)79(137-14)63-86(127)121-41-22-26-78(121)94(138-15)69(10)97(129)109-70(11)93(128)73-23-19-18-20-24-73/h18-20,23-24,28-31,34-35,62,65-70,72,75-76,78-79,87-88,91-94,128H,16-17,21-22,25-27,32-33,36-61,63-64H2,1-15H3,(H2,105,112)(H,107,130)(H,109,129)(H,110,131)(H,111,124)(H,113,132)(H,114,115)(H,116,123)(H,117,133)(H3,106,108,135)/t69-,70-,75+,76+,78+,79-,87+,88+,91+,92+,93-,94-/m1/s1. The summed E-state index contributed by atoms with van der Waals surface area (Å²) in [6.07, 6.45) is 4.28. The van der Waals surface area contributed by atoms with Gasteiger partial charge in [0.05, 0.1) is 170 Å². The van der Waals surface area contributed by atoms with Gasteiger partial charge in [0, 0.05) is 103 Å². The molecule has 2 aromatic carbocycles. The first-order valence-corrected chi connectivity index (χ1v) is 52.7. The molecule has 14 amide bonds. The Hall–Kier alpha value is -11.0. The Kier molecular flexibility index (Phi) is 53.3. The number of likely N-dealkylation sites (N-methyl/N-ethyl adjacent to an activating group) is 2. The smallest absolute Gasteiger partial charge is 0.410 e. The number of carbonyl (C=O) groups is 13. The van der Waals surface area contributed by atoms with Crippen LogP contribution in [0.25, 0.3) is 21.3 Å². The van der Waals surface area contributed by atoms with Crippen LogP contribution in [-0.2, 0) is 118 Å². The summed E-state index contributed by atoms with van der Waals surface area (Å²) in [6.45, 7) is 28.5. The fraction of sp³-hybridized carbons (Fsp3) is 0.663. The van der Waals surface area contributed by atoms with Gasteiger partial charge in [0.2, 0.25) is 53.2 Å². The van der Waals surface area contributed by atoms with Crippen LogP contribution in [0.1, 0.15) is 187 Å². The van der Waals surface area contributed by atoms with E-state index in [1.165, 1.54) is 43.2 Å². The quantitative estimate of drug-likeness (QED) is 0.0150. The number of aliphatic hydroxyl groups excluding tert-OH is 1. The Labute approximate surface area is 872 Å². The number of hydrogen-bond donors (Lipinski definition) is 12. The first-order valence-electron chi connectivity index (χ1n) is 51.9. The van der Waals surface area contributed by atoms with Gasteiger partial charge in [-0.3, -0.25) is 62.5 Å². The number of hydrogen-bond acceptors (Lipinski definition) is 30. The van der Waals surface area contributed by atoms with Crippen LogP contribution in [0, 0.1) is 29.6 Å². The first-order chi connectivity index (χ1) is 70.9. The number of likely N-dealkylation sites (tertiary alicyclic amines) is 2. The fourth-order valence-electron chi connectivity index (χ4n) is 18.2. The van der Waals surface area contributed by atoms with E-state index in [4.69, 9.17) is 73.5 Å². The second-order valence-electron chi connectivity index (χ2n) is 38.9. The zero-order valence-corrected chi connectivity index (χ0v) is 89.7. The van der Waals surface area contributed by atoms with E-state index in [1.54, 1.807) is 91.6 Å². The van der Waals surface area contributed by atoms with E-state index in [0.717, 1.165) is 101 Å². The number of aromatic amines is 1. The summed E-state index contributed by atoms with van der Waals surface area (Å²) in [6, 6.07) is 8.82. The number of H-pyrrole nitrogens is 1. The molecule has 0 spiro atoms. The number of nitrogens with one attached hydrogen (secondary N) is 9. The third kappa shape index (κ3) is 39.4. The summed E-state index contributed by atoms with van der Waals surface area (Å²) in [4.78, 5) is 199. The van der Waals surface area contributed by atoms with Gasteiger partial charge >= 0.3 is 12.1 Å². The molecule has 43 nitrogen and oxygen atoms in total. The second kappa shape index (κ2) is 64.5. The normalized spacial score (nSPS) is 16.3. The van der Waals surface area contributed by atoms with Crippen molar-refractivity contribution in [3.8, 4) is 0 Å². The first kappa shape index (κ1) is 122. The number of nitrogen functional groups attached to an aromatic ring is 1. The maximum Gasteiger partial charge on any atom is 0.410 e. The van der Waals surface area contributed by atoms with E-state index in [0.29, 0.717) is 122 Å². The topological polar surface area (TPSA) is 550 Å². The van der Waals surface area contributed by atoms with Crippen molar-refractivity contribution < 1.29 is 120 Å². The number of piperidine rings is 1. The summed E-state index contributed by atoms with van der Waals surface area (Å²) in [5.41, 5.74) is 15.8. The number of fused-ring (bicyclic) bond motifs is 3. The minimum atomic E-state index is -1.32. The molecule has 0 saturated carbocycles. The number of ether oxygens (including phenoxy) is 11. The number of urea groups is 1. The minimum Gasteiger partial charge on any atom is -0.445 e. The number of nitrogens with two attached hydrogens (primary N) is 2. The molecule has 3 aromatic heterocycles. The molecule has 148 heavy (non-hydrogen) atoms. The molecular weight excluding hydrogens is 1930 g/mol. The summed E-state index contributed by atoms with van der Waals surface area (Å²) < 4.78 is 64.2. The van der Waals surface area contributed by atoms with Crippen LogP contribution < -0.4 is 54.0 Å². The van der Waals surface area contributed by atoms with Gasteiger partial charge in [-0.2, -0.15) is 0 Å². The predicted octanol–water partition coefficient (Wildman–Crippen LogP) is 6.32. The number of thiophene rings is 1. The average Bonchev–Trinajstić information content (AvgIpc) is 1.60. The summed E-state index contributed by atoms with van der Waals surface area (Å²) in [5, 5.41) is 32.8. The van der Waals surface area contributed by atoms with Crippen molar-refractivity contribution in [2.24, 2.45) is 35.3 Å². The molecule has 0 aliphatic carbocycles. The van der Waals surface area contributed by atoms with Gasteiger partial charge in [0.15, 0.2) is 5.82 Å². The van der Waals surface area contributed by atoms with Gasteiger partial charge in [0.25, 0.3) is 11.8 Å². The number of pyridine rings is 1. The number of methoxy groups -OCH3 is 2. The summed E-state index contributed by atoms with van der Waals surface area (Å²) >= 11 is 1.82. The van der Waals surface area contributed by atoms with Crippen molar-refractivity contribution in [2.75, 3.05) is 191 Å². The van der Waals surface area contributed by atoms with Gasteiger partial charge in [-0.05, 0) is 130 Å². The van der Waals surface area contributed by atoms with Crippen LogP contribution in [-0.4, -0.2) is 362 Å². The van der Waals surface area contributed by atoms with Crippen molar-refractivity contribution in [3.05, 3.63) is 94.6 Å². The molecule has 0 radical (unpaired) electrons. The zero-order valence-electron chi connectivity index (χ0n) is 88.8. The van der Waals surface area contributed by atoms with E-state index in [-0.39, 0.29) is 108 Å². The van der Waals surface area contributed by atoms with Gasteiger partial charge in [0.1, 0.15) is 48.2 Å². The number of rotatable bonds is 70. The Morgan fingerprint density at radius 1 is 0.581 bits per heavy atom. The molecule has 12 atom stereocenters. The van der Waals surface area contributed by atoms with E-state index in [2.05, 4.69) is 65.4 Å². The molecular formula is C104H162N18O25S. The van der Waals surface area contributed by atoms with Gasteiger partial charge in [-0.25, -0.2) is 19.6 Å². The number of imidazole rings is 1. The van der Waals surface area contributed by atoms with Crippen molar-refractivity contribution in [1.29, 1.82) is 0 Å². The minimum absolute atomic E-state index is 0.00949. The molecule has 6 heterocycles. The van der Waals surface area contributed by atoms with E-state index in [1.807, 2.05) is 43.4 Å². The molecule has 44 heteroatoms. The molecule has 3 aliphatic rings. The number of aromatic nitrogens is 3. The number of unbranched alkanes of at least 4 members (excludes halogenated alkanes) is 1. The maximum absolute atomic E-state index is 14.8. The van der Waals surface area contributed by atoms with Gasteiger partial charge in [-0.1, -0.05) is 118 Å². The van der Waals surface area contributed by atoms with Crippen LogP contribution >= 0.6 is 11.3 Å². The second-order valence-corrected chi connectivity index (χ2v) is 40.0. The van der Waals surface area contributed by atoms with E-state index in [9.17, 15) is 67.4 Å². The maximum atomic E-state index is 14.8. The Bertz CT molecular complexity index is 5010. The lowest BCUT2D eigenvalue weighted by molar-refractivity contribution is -0.147. The van der Waals surface area contributed by atoms with Crippen molar-refractivity contribution in [1.82, 2.24) is 76.7 Å². The largest absolute Gasteiger partial charge is 0.445 e. The lowest BCUT2D eigenvalue weighted by atomic mass is 9.91. The van der Waals surface area contributed by atoms with Crippen LogP contribution in [0.5, 0.6) is 0 Å². The van der Waals surface area contributed by atoms with Crippen molar-refractivity contribution >= 4 is 121 Å². The number of aliphatic hydroxyl groups is 1. The highest BCUT2D eigenvalue weighted by Gasteiger charge is 2.45. The highest BCUT2D eigenvalue weighted by Crippen LogP contribution is 2.40.